The van der Waals surface area contributed by atoms with E-state index in [1.807, 2.05) is 45.0 Å². The summed E-state index contributed by atoms with van der Waals surface area (Å²) in [6.45, 7) is 7.59. The summed E-state index contributed by atoms with van der Waals surface area (Å²) in [6, 6.07) is 14.6. The second-order valence-electron chi connectivity index (χ2n) is 7.77. The van der Waals surface area contributed by atoms with Crippen molar-refractivity contribution in [2.75, 3.05) is 23.3 Å². The molecule has 5 nitrogen and oxygen atoms in total. The van der Waals surface area contributed by atoms with Crippen LogP contribution >= 0.6 is 0 Å². The number of anilines is 2. The Morgan fingerprint density at radius 3 is 1.93 bits per heavy atom. The molecule has 0 spiro atoms. The van der Waals surface area contributed by atoms with Crippen LogP contribution in [0, 0.1) is 0 Å². The average molecular weight is 366 g/mol. The minimum atomic E-state index is -0.554. The Hall–Kier alpha value is -2.82. The van der Waals surface area contributed by atoms with Gasteiger partial charge in [-0.2, -0.15) is 0 Å². The maximum atomic E-state index is 12.7. The summed E-state index contributed by atoms with van der Waals surface area (Å²) >= 11 is 0. The predicted molar refractivity (Wildman–Crippen MR) is 108 cm³/mol. The standard InChI is InChI=1S/C22H26N2O3/c1-22(2,3)27-21(26)23-18-10-6-16(7-11-18)20(25)17-8-12-19(13-9-17)24-14-4-5-15-24/h6-13H,4-5,14-15H2,1-3H3,(H,23,26). The van der Waals surface area contributed by atoms with Gasteiger partial charge in [0, 0.05) is 35.6 Å². The summed E-state index contributed by atoms with van der Waals surface area (Å²) in [4.78, 5) is 26.8. The molecule has 0 aliphatic carbocycles. The molecule has 0 bridgehead atoms. The first-order valence-corrected chi connectivity index (χ1v) is 9.32. The Morgan fingerprint density at radius 1 is 0.889 bits per heavy atom. The van der Waals surface area contributed by atoms with Gasteiger partial charge in [-0.15, -0.1) is 0 Å². The van der Waals surface area contributed by atoms with Gasteiger partial charge in [0.25, 0.3) is 0 Å². The molecule has 142 valence electrons. The number of nitrogens with zero attached hydrogens (tertiary/aromatic N) is 1. The van der Waals surface area contributed by atoms with E-state index >= 15 is 0 Å². The Bertz CT molecular complexity index is 799. The lowest BCUT2D eigenvalue weighted by atomic mass is 10.0. The molecule has 0 saturated carbocycles. The second kappa shape index (κ2) is 7.82. The Balaban J connectivity index is 1.64. The molecule has 1 fully saturated rings. The lowest BCUT2D eigenvalue weighted by Crippen LogP contribution is -2.27. The van der Waals surface area contributed by atoms with Gasteiger partial charge in [0.15, 0.2) is 5.78 Å². The highest BCUT2D eigenvalue weighted by Crippen LogP contribution is 2.22. The van der Waals surface area contributed by atoms with E-state index in [1.165, 1.54) is 18.5 Å². The van der Waals surface area contributed by atoms with Crippen LogP contribution in [0.15, 0.2) is 48.5 Å². The number of benzene rings is 2. The number of hydrogen-bond donors (Lipinski definition) is 1. The van der Waals surface area contributed by atoms with E-state index in [0.717, 1.165) is 13.1 Å². The fourth-order valence-corrected chi connectivity index (χ4v) is 3.09. The zero-order valence-electron chi connectivity index (χ0n) is 16.1. The van der Waals surface area contributed by atoms with Crippen LogP contribution in [0.25, 0.3) is 0 Å². The molecule has 5 heteroatoms. The zero-order valence-corrected chi connectivity index (χ0v) is 16.1. The van der Waals surface area contributed by atoms with Crippen LogP contribution in [0.2, 0.25) is 0 Å². The first-order valence-electron chi connectivity index (χ1n) is 9.32. The molecular weight excluding hydrogens is 340 g/mol. The molecule has 1 heterocycles. The quantitative estimate of drug-likeness (QED) is 0.785. The number of ether oxygens (including phenoxy) is 1. The van der Waals surface area contributed by atoms with Crippen LogP contribution in [-0.2, 0) is 4.74 Å². The van der Waals surface area contributed by atoms with Crippen molar-refractivity contribution in [1.82, 2.24) is 0 Å². The molecular formula is C22H26N2O3. The third-order valence-corrected chi connectivity index (χ3v) is 4.39. The predicted octanol–water partition coefficient (Wildman–Crippen LogP) is 4.86. The molecule has 1 saturated heterocycles. The van der Waals surface area contributed by atoms with Crippen molar-refractivity contribution in [3.63, 3.8) is 0 Å². The number of carbonyl (C=O) groups is 2. The van der Waals surface area contributed by atoms with Crippen molar-refractivity contribution < 1.29 is 14.3 Å². The largest absolute Gasteiger partial charge is 0.444 e. The van der Waals surface area contributed by atoms with E-state index in [-0.39, 0.29) is 5.78 Å². The summed E-state index contributed by atoms with van der Waals surface area (Å²) in [5.41, 5.74) is 2.44. The van der Waals surface area contributed by atoms with Gasteiger partial charge in [-0.25, -0.2) is 4.79 Å². The summed E-state index contributed by atoms with van der Waals surface area (Å²) in [6.07, 6.45) is 1.94. The molecule has 0 atom stereocenters. The van der Waals surface area contributed by atoms with E-state index in [9.17, 15) is 9.59 Å². The number of amides is 1. The normalized spacial score (nSPS) is 14.1. The Morgan fingerprint density at radius 2 is 1.41 bits per heavy atom. The highest BCUT2D eigenvalue weighted by molar-refractivity contribution is 6.09. The molecule has 27 heavy (non-hydrogen) atoms. The third kappa shape index (κ3) is 5.09. The first kappa shape index (κ1) is 19.0. The third-order valence-electron chi connectivity index (χ3n) is 4.39. The molecule has 0 unspecified atom stereocenters. The number of ketones is 1. The Labute approximate surface area is 160 Å². The topological polar surface area (TPSA) is 58.6 Å². The van der Waals surface area contributed by atoms with Gasteiger partial charge in [-0.3, -0.25) is 10.1 Å². The van der Waals surface area contributed by atoms with Crippen LogP contribution < -0.4 is 10.2 Å². The minimum Gasteiger partial charge on any atom is -0.444 e. The molecule has 2 aromatic rings. The lowest BCUT2D eigenvalue weighted by molar-refractivity contribution is 0.0636. The minimum absolute atomic E-state index is 0.0354. The van der Waals surface area contributed by atoms with Crippen LogP contribution in [0.4, 0.5) is 16.2 Å². The van der Waals surface area contributed by atoms with E-state index < -0.39 is 11.7 Å². The SMILES string of the molecule is CC(C)(C)OC(=O)Nc1ccc(C(=O)c2ccc(N3CCCC3)cc2)cc1. The van der Waals surface area contributed by atoms with Gasteiger partial charge in [0.2, 0.25) is 0 Å². The van der Waals surface area contributed by atoms with Crippen molar-refractivity contribution in [3.8, 4) is 0 Å². The molecule has 1 amide bonds. The smallest absolute Gasteiger partial charge is 0.412 e. The molecule has 3 rings (SSSR count). The highest BCUT2D eigenvalue weighted by atomic mass is 16.6. The summed E-state index contributed by atoms with van der Waals surface area (Å²) < 4.78 is 5.22. The van der Waals surface area contributed by atoms with Gasteiger partial charge in [-0.1, -0.05) is 0 Å². The monoisotopic (exact) mass is 366 g/mol. The molecule has 1 aliphatic rings. The molecule has 1 N–H and O–H groups in total. The molecule has 2 aromatic carbocycles. The van der Waals surface area contributed by atoms with Gasteiger partial charge in [0.1, 0.15) is 5.60 Å². The number of nitrogens with one attached hydrogen (secondary N) is 1. The first-order chi connectivity index (χ1) is 12.8. The van der Waals surface area contributed by atoms with Gasteiger partial charge in [-0.05, 0) is 82.1 Å². The maximum absolute atomic E-state index is 12.7. The summed E-state index contributed by atoms with van der Waals surface area (Å²) in [5.74, 6) is -0.0354. The van der Waals surface area contributed by atoms with Crippen molar-refractivity contribution >= 4 is 23.3 Å². The molecule has 1 aliphatic heterocycles. The fraction of sp³-hybridized carbons (Fsp3) is 0.364. The van der Waals surface area contributed by atoms with E-state index in [4.69, 9.17) is 4.74 Å². The van der Waals surface area contributed by atoms with E-state index in [2.05, 4.69) is 10.2 Å². The van der Waals surface area contributed by atoms with Gasteiger partial charge in [0.05, 0.1) is 0 Å². The fourth-order valence-electron chi connectivity index (χ4n) is 3.09. The van der Waals surface area contributed by atoms with Crippen LogP contribution in [0.3, 0.4) is 0 Å². The van der Waals surface area contributed by atoms with Crippen LogP contribution in [-0.4, -0.2) is 30.6 Å². The highest BCUT2D eigenvalue weighted by Gasteiger charge is 2.17. The van der Waals surface area contributed by atoms with Crippen molar-refractivity contribution in [2.45, 2.75) is 39.2 Å². The summed E-state index contributed by atoms with van der Waals surface area (Å²) in [7, 11) is 0. The van der Waals surface area contributed by atoms with Crippen molar-refractivity contribution in [3.05, 3.63) is 59.7 Å². The number of carbonyl (C=O) groups excluding carboxylic acids is 2. The van der Waals surface area contributed by atoms with Gasteiger partial charge < -0.3 is 9.64 Å². The van der Waals surface area contributed by atoms with Crippen LogP contribution in [0.5, 0.6) is 0 Å². The van der Waals surface area contributed by atoms with Gasteiger partial charge >= 0.3 is 6.09 Å². The van der Waals surface area contributed by atoms with E-state index in [0.29, 0.717) is 16.8 Å². The lowest BCUT2D eigenvalue weighted by Gasteiger charge is -2.19. The Kier molecular flexibility index (Phi) is 5.49. The second-order valence-corrected chi connectivity index (χ2v) is 7.77. The maximum Gasteiger partial charge on any atom is 0.412 e. The van der Waals surface area contributed by atoms with Crippen molar-refractivity contribution in [1.29, 1.82) is 0 Å². The average Bonchev–Trinajstić information content (AvgIpc) is 3.15. The summed E-state index contributed by atoms with van der Waals surface area (Å²) in [5, 5.41) is 2.67. The zero-order chi connectivity index (χ0) is 19.4. The van der Waals surface area contributed by atoms with Crippen LogP contribution in [0.1, 0.15) is 49.5 Å². The van der Waals surface area contributed by atoms with Crippen molar-refractivity contribution in [2.24, 2.45) is 0 Å². The van der Waals surface area contributed by atoms with E-state index in [1.54, 1.807) is 24.3 Å². The molecule has 0 radical (unpaired) electrons. The number of hydrogen-bond acceptors (Lipinski definition) is 4. The molecule has 0 aromatic heterocycles. The number of rotatable bonds is 4.